The van der Waals surface area contributed by atoms with E-state index in [9.17, 15) is 4.79 Å². The van der Waals surface area contributed by atoms with Crippen molar-refractivity contribution in [1.29, 1.82) is 0 Å². The Kier molecular flexibility index (Phi) is 6.74. The molecule has 0 spiro atoms. The summed E-state index contributed by atoms with van der Waals surface area (Å²) in [6.45, 7) is 7.08. The molecule has 0 bridgehead atoms. The molecule has 1 aromatic heterocycles. The van der Waals surface area contributed by atoms with Crippen molar-refractivity contribution < 1.29 is 14.3 Å². The summed E-state index contributed by atoms with van der Waals surface area (Å²) < 4.78 is 10.6. The molecule has 1 aliphatic heterocycles. The first-order valence-corrected chi connectivity index (χ1v) is 9.23. The Hall–Kier alpha value is -2.25. The largest absolute Gasteiger partial charge is 0.462 e. The summed E-state index contributed by atoms with van der Waals surface area (Å²) in [5.74, 6) is 0.108. The molecule has 2 aliphatic rings. The van der Waals surface area contributed by atoms with Crippen molar-refractivity contribution in [3.63, 3.8) is 0 Å². The van der Waals surface area contributed by atoms with Crippen molar-refractivity contribution in [2.24, 2.45) is 0 Å². The van der Waals surface area contributed by atoms with Gasteiger partial charge in [0.15, 0.2) is 5.82 Å². The maximum absolute atomic E-state index is 12.4. The number of nitrogens with one attached hydrogen (secondary N) is 1. The van der Waals surface area contributed by atoms with Gasteiger partial charge in [-0.15, -0.1) is 10.2 Å². The molecule has 0 unspecified atom stereocenters. The highest BCUT2D eigenvalue weighted by Crippen LogP contribution is 2.24. The smallest absolute Gasteiger partial charge is 0.342 e. The Morgan fingerprint density at radius 1 is 1.35 bits per heavy atom. The number of carbonyl (C=O) groups is 1. The lowest BCUT2D eigenvalue weighted by molar-refractivity contribution is 0.0398. The van der Waals surface area contributed by atoms with Gasteiger partial charge in [0.05, 0.1) is 25.5 Å². The second-order valence-electron chi connectivity index (χ2n) is 6.25. The van der Waals surface area contributed by atoms with Crippen LogP contribution in [0.25, 0.3) is 5.57 Å². The molecule has 140 valence electrons. The summed E-state index contributed by atoms with van der Waals surface area (Å²) in [7, 11) is 0. The Bertz CT molecular complexity index is 681. The van der Waals surface area contributed by atoms with Crippen LogP contribution in [0.1, 0.15) is 35.8 Å². The predicted molar refractivity (Wildman–Crippen MR) is 100 cm³/mol. The van der Waals surface area contributed by atoms with Crippen LogP contribution < -0.4 is 5.32 Å². The van der Waals surface area contributed by atoms with Crippen LogP contribution in [0, 0.1) is 0 Å². The van der Waals surface area contributed by atoms with Crippen molar-refractivity contribution in [2.75, 3.05) is 51.3 Å². The van der Waals surface area contributed by atoms with Gasteiger partial charge in [-0.05, 0) is 31.4 Å². The van der Waals surface area contributed by atoms with Gasteiger partial charge in [0.2, 0.25) is 0 Å². The first-order chi connectivity index (χ1) is 12.8. The monoisotopic (exact) mass is 358 g/mol. The zero-order valence-corrected chi connectivity index (χ0v) is 15.2. The van der Waals surface area contributed by atoms with E-state index in [4.69, 9.17) is 9.47 Å². The molecule has 0 saturated carbocycles. The highest BCUT2D eigenvalue weighted by molar-refractivity contribution is 5.95. The number of hydrogen-bond acceptors (Lipinski definition) is 7. The lowest BCUT2D eigenvalue weighted by atomic mass is 10.0. The Balaban J connectivity index is 1.71. The van der Waals surface area contributed by atoms with Crippen LogP contribution in [-0.2, 0) is 9.47 Å². The molecule has 2 heterocycles. The van der Waals surface area contributed by atoms with E-state index in [0.717, 1.165) is 57.0 Å². The highest BCUT2D eigenvalue weighted by atomic mass is 16.5. The molecule has 0 amide bonds. The molecular weight excluding hydrogens is 332 g/mol. The van der Waals surface area contributed by atoms with E-state index in [1.54, 1.807) is 13.0 Å². The average Bonchev–Trinajstić information content (AvgIpc) is 2.70. The number of rotatable bonds is 7. The lowest BCUT2D eigenvalue weighted by Crippen LogP contribution is -2.39. The second kappa shape index (κ2) is 9.45. The lowest BCUT2D eigenvalue weighted by Gasteiger charge is -2.26. The van der Waals surface area contributed by atoms with Crippen LogP contribution in [-0.4, -0.2) is 67.1 Å². The predicted octanol–water partition coefficient (Wildman–Crippen LogP) is 2.13. The third-order valence-electron chi connectivity index (χ3n) is 4.46. The second-order valence-corrected chi connectivity index (χ2v) is 6.25. The van der Waals surface area contributed by atoms with Crippen molar-refractivity contribution in [2.45, 2.75) is 19.8 Å². The molecule has 1 aromatic rings. The fourth-order valence-electron chi connectivity index (χ4n) is 3.02. The average molecular weight is 358 g/mol. The molecule has 1 aliphatic carbocycles. The maximum Gasteiger partial charge on any atom is 0.342 e. The Labute approximate surface area is 154 Å². The number of nitrogens with zero attached hydrogens (tertiary/aromatic N) is 3. The van der Waals surface area contributed by atoms with Crippen molar-refractivity contribution in [3.05, 3.63) is 35.6 Å². The van der Waals surface area contributed by atoms with Gasteiger partial charge in [-0.3, -0.25) is 4.90 Å². The summed E-state index contributed by atoms with van der Waals surface area (Å²) in [5, 5.41) is 11.8. The van der Waals surface area contributed by atoms with Crippen molar-refractivity contribution in [1.82, 2.24) is 15.1 Å². The quantitative estimate of drug-likeness (QED) is 0.748. The molecule has 1 saturated heterocycles. The fraction of sp³-hybridized carbons (Fsp3) is 0.526. The van der Waals surface area contributed by atoms with E-state index in [-0.39, 0.29) is 5.97 Å². The molecule has 26 heavy (non-hydrogen) atoms. The number of esters is 1. The third-order valence-corrected chi connectivity index (χ3v) is 4.46. The molecule has 0 atom stereocenters. The van der Waals surface area contributed by atoms with Crippen LogP contribution in [0.3, 0.4) is 0 Å². The molecule has 3 rings (SSSR count). The molecule has 0 radical (unpaired) electrons. The van der Waals surface area contributed by atoms with E-state index >= 15 is 0 Å². The van der Waals surface area contributed by atoms with Crippen LogP contribution in [0.15, 0.2) is 24.3 Å². The Morgan fingerprint density at radius 2 is 2.19 bits per heavy atom. The SMILES string of the molecule is CCOC(=O)c1cc(C2=CC=CCC2)nnc1NCCN1CCOCC1. The highest BCUT2D eigenvalue weighted by Gasteiger charge is 2.18. The first kappa shape index (κ1) is 18.5. The van der Waals surface area contributed by atoms with Crippen LogP contribution in [0.4, 0.5) is 5.82 Å². The normalized spacial score (nSPS) is 17.7. The van der Waals surface area contributed by atoms with Crippen molar-refractivity contribution in [3.8, 4) is 0 Å². The number of allylic oxidation sites excluding steroid dienone is 4. The summed E-state index contributed by atoms with van der Waals surface area (Å²) in [6, 6.07) is 1.78. The van der Waals surface area contributed by atoms with E-state index in [0.29, 0.717) is 24.5 Å². The van der Waals surface area contributed by atoms with Gasteiger partial charge < -0.3 is 14.8 Å². The molecule has 0 aromatic carbocycles. The Morgan fingerprint density at radius 3 is 2.92 bits per heavy atom. The van der Waals surface area contributed by atoms with E-state index in [1.807, 2.05) is 12.2 Å². The number of hydrogen-bond donors (Lipinski definition) is 1. The van der Waals surface area contributed by atoms with Crippen LogP contribution >= 0.6 is 0 Å². The molecule has 1 fully saturated rings. The first-order valence-electron chi connectivity index (χ1n) is 9.23. The number of ether oxygens (including phenoxy) is 2. The maximum atomic E-state index is 12.4. The minimum atomic E-state index is -0.371. The zero-order chi connectivity index (χ0) is 18.2. The molecule has 7 nitrogen and oxygen atoms in total. The van der Waals surface area contributed by atoms with Crippen LogP contribution in [0.2, 0.25) is 0 Å². The number of anilines is 1. The van der Waals surface area contributed by atoms with E-state index in [2.05, 4.69) is 26.5 Å². The van der Waals surface area contributed by atoms with Crippen molar-refractivity contribution >= 4 is 17.4 Å². The van der Waals surface area contributed by atoms with E-state index in [1.165, 1.54) is 0 Å². The minimum absolute atomic E-state index is 0.329. The standard InChI is InChI=1S/C19H26N4O3/c1-2-26-19(24)16-14-17(15-6-4-3-5-7-15)21-22-18(16)20-8-9-23-10-12-25-13-11-23/h3-4,6,14H,2,5,7-13H2,1H3,(H,20,22). The topological polar surface area (TPSA) is 76.6 Å². The summed E-state index contributed by atoms with van der Waals surface area (Å²) in [6.07, 6.45) is 8.02. The summed E-state index contributed by atoms with van der Waals surface area (Å²) in [4.78, 5) is 14.7. The van der Waals surface area contributed by atoms with Gasteiger partial charge in [-0.2, -0.15) is 0 Å². The van der Waals surface area contributed by atoms with Gasteiger partial charge in [-0.25, -0.2) is 4.79 Å². The van der Waals surface area contributed by atoms with Gasteiger partial charge in [0.1, 0.15) is 5.56 Å². The third kappa shape index (κ3) is 4.89. The van der Waals surface area contributed by atoms with Gasteiger partial charge in [0, 0.05) is 26.2 Å². The summed E-state index contributed by atoms with van der Waals surface area (Å²) in [5.41, 5.74) is 2.26. The minimum Gasteiger partial charge on any atom is -0.462 e. The van der Waals surface area contributed by atoms with Gasteiger partial charge in [-0.1, -0.05) is 18.2 Å². The van der Waals surface area contributed by atoms with Crippen LogP contribution in [0.5, 0.6) is 0 Å². The number of morpholine rings is 1. The zero-order valence-electron chi connectivity index (χ0n) is 15.2. The summed E-state index contributed by atoms with van der Waals surface area (Å²) >= 11 is 0. The van der Waals surface area contributed by atoms with E-state index < -0.39 is 0 Å². The molecule has 7 heteroatoms. The fourth-order valence-corrected chi connectivity index (χ4v) is 3.02. The molecular formula is C19H26N4O3. The van der Waals surface area contributed by atoms with Gasteiger partial charge >= 0.3 is 5.97 Å². The number of aromatic nitrogens is 2. The van der Waals surface area contributed by atoms with Gasteiger partial charge in [0.25, 0.3) is 0 Å². The number of carbonyl (C=O) groups excluding carboxylic acids is 1. The molecule has 1 N–H and O–H groups in total.